The second kappa shape index (κ2) is 7.84. The lowest BCUT2D eigenvalue weighted by Crippen LogP contribution is -2.31. The Morgan fingerprint density at radius 3 is 2.90 bits per heavy atom. The zero-order valence-corrected chi connectivity index (χ0v) is 17.4. The Balaban J connectivity index is 1.81. The second-order valence-corrected chi connectivity index (χ2v) is 8.01. The molecule has 0 saturated carbocycles. The molecule has 0 spiro atoms. The molecule has 156 valence electrons. The number of ether oxygens (including phenoxy) is 3. The van der Waals surface area contributed by atoms with Crippen LogP contribution in [0, 0.1) is 5.92 Å². The molecule has 29 heavy (non-hydrogen) atoms. The topological polar surface area (TPSA) is 84.6 Å². The van der Waals surface area contributed by atoms with Gasteiger partial charge in [-0.1, -0.05) is 25.4 Å². The van der Waals surface area contributed by atoms with Gasteiger partial charge in [0.15, 0.2) is 5.43 Å². The first-order valence-corrected chi connectivity index (χ1v) is 10.2. The normalized spacial score (nSPS) is 20.4. The van der Waals surface area contributed by atoms with E-state index in [0.717, 1.165) is 6.42 Å². The van der Waals surface area contributed by atoms with Gasteiger partial charge in [0, 0.05) is 18.7 Å². The minimum atomic E-state index is -0.620. The zero-order chi connectivity index (χ0) is 20.7. The van der Waals surface area contributed by atoms with Crippen LogP contribution in [0.25, 0.3) is 11.4 Å². The van der Waals surface area contributed by atoms with Crippen molar-refractivity contribution in [3.63, 3.8) is 0 Å². The van der Waals surface area contributed by atoms with E-state index in [1.807, 2.05) is 4.57 Å². The maximum Gasteiger partial charge on any atom is 0.343 e. The molecule has 2 aromatic heterocycles. The maximum atomic E-state index is 12.7. The fraction of sp³-hybridized carbons (Fsp3) is 0.550. The fourth-order valence-electron chi connectivity index (χ4n) is 3.81. The van der Waals surface area contributed by atoms with Crippen molar-refractivity contribution >= 4 is 17.6 Å². The molecule has 4 heterocycles. The highest BCUT2D eigenvalue weighted by Crippen LogP contribution is 2.41. The fourth-order valence-corrected chi connectivity index (χ4v) is 4.08. The van der Waals surface area contributed by atoms with Crippen molar-refractivity contribution in [1.82, 2.24) is 14.3 Å². The third-order valence-corrected chi connectivity index (χ3v) is 5.68. The van der Waals surface area contributed by atoms with Crippen molar-refractivity contribution in [3.05, 3.63) is 33.1 Å². The third kappa shape index (κ3) is 3.55. The Morgan fingerprint density at radius 1 is 1.45 bits per heavy atom. The number of carbonyl (C=O) groups is 1. The molecule has 0 amide bonds. The number of aromatic nitrogens is 3. The van der Waals surface area contributed by atoms with Crippen LogP contribution in [-0.2, 0) is 16.0 Å². The molecule has 0 radical (unpaired) electrons. The van der Waals surface area contributed by atoms with Gasteiger partial charge >= 0.3 is 5.97 Å². The Labute approximate surface area is 173 Å². The molecular weight excluding hydrogens is 398 g/mol. The van der Waals surface area contributed by atoms with Crippen molar-refractivity contribution in [2.75, 3.05) is 19.8 Å². The van der Waals surface area contributed by atoms with E-state index in [0.29, 0.717) is 42.0 Å². The zero-order valence-electron chi connectivity index (χ0n) is 16.7. The number of halogens is 1. The van der Waals surface area contributed by atoms with E-state index < -0.39 is 11.4 Å². The molecule has 0 bridgehead atoms. The molecule has 8 nitrogen and oxygen atoms in total. The molecule has 2 aliphatic rings. The lowest BCUT2D eigenvalue weighted by atomic mass is 10.00. The van der Waals surface area contributed by atoms with Gasteiger partial charge in [-0.15, -0.1) is 5.10 Å². The number of esters is 1. The van der Waals surface area contributed by atoms with Gasteiger partial charge in [0.05, 0.1) is 38.1 Å². The minimum absolute atomic E-state index is 0.00935. The molecule has 0 N–H and O–H groups in total. The van der Waals surface area contributed by atoms with Crippen molar-refractivity contribution in [2.24, 2.45) is 5.92 Å². The van der Waals surface area contributed by atoms with Gasteiger partial charge in [-0.2, -0.15) is 0 Å². The van der Waals surface area contributed by atoms with E-state index in [9.17, 15) is 9.59 Å². The third-order valence-electron chi connectivity index (χ3n) is 5.34. The van der Waals surface area contributed by atoms with E-state index in [-0.39, 0.29) is 30.2 Å². The van der Waals surface area contributed by atoms with Crippen molar-refractivity contribution in [1.29, 1.82) is 0 Å². The molecule has 4 rings (SSSR count). The van der Waals surface area contributed by atoms with Crippen LogP contribution < -0.4 is 10.2 Å². The van der Waals surface area contributed by atoms with Gasteiger partial charge in [-0.25, -0.2) is 4.79 Å². The average molecular weight is 422 g/mol. The maximum absolute atomic E-state index is 12.7. The summed E-state index contributed by atoms with van der Waals surface area (Å²) in [6, 6.07) is 1.42. The van der Waals surface area contributed by atoms with Gasteiger partial charge in [0.1, 0.15) is 22.4 Å². The number of carbonyl (C=O) groups excluding carboxylic acids is 1. The van der Waals surface area contributed by atoms with Crippen LogP contribution in [0.15, 0.2) is 17.1 Å². The van der Waals surface area contributed by atoms with Crippen LogP contribution in [-0.4, -0.2) is 46.2 Å². The Kier molecular flexibility index (Phi) is 5.40. The number of fused-ring (bicyclic) bond motifs is 3. The SMILES string of the molecule is CCOC(=O)c1cn2c(cc1=O)-c1c(Cl)c(O[C@H]3CCOC3)nn1C[C@H]2C(C)C. The molecule has 2 aromatic rings. The van der Waals surface area contributed by atoms with Crippen molar-refractivity contribution in [3.8, 4) is 17.3 Å². The predicted octanol–water partition coefficient (Wildman–Crippen LogP) is 2.92. The van der Waals surface area contributed by atoms with Crippen molar-refractivity contribution in [2.45, 2.75) is 45.9 Å². The van der Waals surface area contributed by atoms with Gasteiger partial charge < -0.3 is 18.8 Å². The van der Waals surface area contributed by atoms with E-state index in [4.69, 9.17) is 25.8 Å². The van der Waals surface area contributed by atoms with Gasteiger partial charge in [0.25, 0.3) is 5.88 Å². The van der Waals surface area contributed by atoms with E-state index >= 15 is 0 Å². The number of hydrogen-bond acceptors (Lipinski definition) is 6. The van der Waals surface area contributed by atoms with Gasteiger partial charge in [-0.05, 0) is 12.8 Å². The summed E-state index contributed by atoms with van der Waals surface area (Å²) in [5, 5.41) is 4.92. The summed E-state index contributed by atoms with van der Waals surface area (Å²) in [7, 11) is 0. The first-order chi connectivity index (χ1) is 13.9. The predicted molar refractivity (Wildman–Crippen MR) is 107 cm³/mol. The lowest BCUT2D eigenvalue weighted by Gasteiger charge is -2.32. The summed E-state index contributed by atoms with van der Waals surface area (Å²) in [6.45, 7) is 7.79. The molecule has 0 unspecified atom stereocenters. The van der Waals surface area contributed by atoms with E-state index in [2.05, 4.69) is 18.9 Å². The molecule has 2 atom stereocenters. The van der Waals surface area contributed by atoms with E-state index in [1.165, 1.54) is 6.07 Å². The minimum Gasteiger partial charge on any atom is -0.470 e. The summed E-state index contributed by atoms with van der Waals surface area (Å²) in [5.74, 6) is -0.0456. The van der Waals surface area contributed by atoms with Crippen molar-refractivity contribution < 1.29 is 19.0 Å². The molecule has 9 heteroatoms. The first-order valence-electron chi connectivity index (χ1n) is 9.85. The quantitative estimate of drug-likeness (QED) is 0.690. The highest BCUT2D eigenvalue weighted by Gasteiger charge is 2.33. The van der Waals surface area contributed by atoms with Crippen LogP contribution in [0.4, 0.5) is 0 Å². The largest absolute Gasteiger partial charge is 0.470 e. The summed E-state index contributed by atoms with van der Waals surface area (Å²) >= 11 is 6.62. The summed E-state index contributed by atoms with van der Waals surface area (Å²) in [4.78, 5) is 24.9. The Morgan fingerprint density at radius 2 is 2.24 bits per heavy atom. The number of pyridine rings is 1. The molecule has 0 aliphatic carbocycles. The molecule has 2 aliphatic heterocycles. The lowest BCUT2D eigenvalue weighted by molar-refractivity contribution is 0.0523. The highest BCUT2D eigenvalue weighted by molar-refractivity contribution is 6.34. The number of hydrogen-bond donors (Lipinski definition) is 0. The highest BCUT2D eigenvalue weighted by atomic mass is 35.5. The Bertz CT molecular complexity index is 991. The van der Waals surface area contributed by atoms with Crippen LogP contribution in [0.2, 0.25) is 5.02 Å². The van der Waals surface area contributed by atoms with Crippen LogP contribution >= 0.6 is 11.6 Å². The molecule has 0 aromatic carbocycles. The number of rotatable bonds is 5. The van der Waals surface area contributed by atoms with Crippen LogP contribution in [0.5, 0.6) is 5.88 Å². The second-order valence-electron chi connectivity index (χ2n) is 7.63. The first kappa shape index (κ1) is 20.0. The average Bonchev–Trinajstić information content (AvgIpc) is 3.29. The standard InChI is InChI=1S/C20H24ClN3O5/c1-4-28-20(26)13-8-23-14(7-16(13)25)18-17(21)19(29-12-5-6-27-10-12)22-24(18)9-15(23)11(2)3/h7-8,11-12,15H,4-6,9-10H2,1-3H3/t12-,15-/m0/s1. The van der Waals surface area contributed by atoms with Crippen LogP contribution in [0.3, 0.4) is 0 Å². The molecule has 1 saturated heterocycles. The number of nitrogens with zero attached hydrogens (tertiary/aromatic N) is 3. The smallest absolute Gasteiger partial charge is 0.343 e. The van der Waals surface area contributed by atoms with Gasteiger partial charge in [-0.3, -0.25) is 9.48 Å². The molecule has 1 fully saturated rings. The monoisotopic (exact) mass is 421 g/mol. The summed E-state index contributed by atoms with van der Waals surface area (Å²) < 4.78 is 20.1. The van der Waals surface area contributed by atoms with E-state index in [1.54, 1.807) is 17.8 Å². The summed E-state index contributed by atoms with van der Waals surface area (Å²) in [5.41, 5.74) is 0.840. The van der Waals surface area contributed by atoms with Gasteiger partial charge in [0.2, 0.25) is 0 Å². The molecular formula is C20H24ClN3O5. The summed E-state index contributed by atoms with van der Waals surface area (Å²) in [6.07, 6.45) is 2.28. The van der Waals surface area contributed by atoms with Crippen LogP contribution in [0.1, 0.15) is 43.6 Å². The Hall–Kier alpha value is -2.32.